The number of anilines is 1. The molecule has 14 heteroatoms. The van der Waals surface area contributed by atoms with Crippen LogP contribution in [-0.2, 0) is 23.4 Å². The molecule has 13 nitrogen and oxygen atoms in total. The minimum atomic E-state index is -5.03. The van der Waals surface area contributed by atoms with Crippen LogP contribution >= 0.6 is 7.82 Å². The number of rotatable bonds is 24. The number of carbonyl (C=O) groups is 1. The second-order valence-electron chi connectivity index (χ2n) is 11.3. The van der Waals surface area contributed by atoms with Crippen molar-refractivity contribution in [2.45, 2.75) is 134 Å². The third-order valence-corrected chi connectivity index (χ3v) is 8.13. The van der Waals surface area contributed by atoms with Crippen LogP contribution < -0.4 is 16.7 Å². The lowest BCUT2D eigenvalue weighted by Crippen LogP contribution is -2.41. The second kappa shape index (κ2) is 21.0. The number of hydrogen-bond acceptors (Lipinski definition) is 9. The maximum atomic E-state index is 12.4. The van der Waals surface area contributed by atoms with Gasteiger partial charge in [0.1, 0.15) is 30.7 Å². The Kier molecular flexibility index (Phi) is 18.2. The van der Waals surface area contributed by atoms with Crippen molar-refractivity contribution < 1.29 is 38.3 Å². The van der Waals surface area contributed by atoms with Gasteiger partial charge in [-0.05, 0) is 12.5 Å². The van der Waals surface area contributed by atoms with Gasteiger partial charge in [0.25, 0.3) is 0 Å². The molecule has 0 aromatic carbocycles. The number of aliphatic hydroxyl groups excluding tert-OH is 1. The van der Waals surface area contributed by atoms with Gasteiger partial charge in [0.05, 0.1) is 6.61 Å². The lowest BCUT2D eigenvalue weighted by Gasteiger charge is -2.24. The molecule has 2 rings (SSSR count). The van der Waals surface area contributed by atoms with E-state index < -0.39 is 57.2 Å². The molecule has 1 fully saturated rings. The van der Waals surface area contributed by atoms with Gasteiger partial charge in [-0.25, -0.2) is 9.36 Å². The van der Waals surface area contributed by atoms with E-state index in [9.17, 15) is 29.0 Å². The van der Waals surface area contributed by atoms with Crippen LogP contribution in [0.25, 0.3) is 0 Å². The number of aromatic nitrogens is 2. The zero-order valence-electron chi connectivity index (χ0n) is 25.6. The van der Waals surface area contributed by atoms with Crippen LogP contribution in [0.1, 0.15) is 116 Å². The SMILES string of the molecule is CCCCCCCCCCCCCCCCCCNC(=O)CO[C@@H]1[C@H](OP(=O)(O)O)[C@@H](CO)O[C@H]1n1ccc(N)nc1=O. The summed E-state index contributed by atoms with van der Waals surface area (Å²) in [5.41, 5.74) is 4.74. The van der Waals surface area contributed by atoms with E-state index in [4.69, 9.17) is 19.7 Å². The van der Waals surface area contributed by atoms with E-state index in [1.165, 1.54) is 95.7 Å². The topological polar surface area (TPSA) is 195 Å². The monoisotopic (exact) mass is 632 g/mol. The minimum Gasteiger partial charge on any atom is -0.394 e. The highest BCUT2D eigenvalue weighted by atomic mass is 31.2. The Morgan fingerprint density at radius 2 is 1.51 bits per heavy atom. The number of amides is 1. The molecule has 1 aliphatic heterocycles. The van der Waals surface area contributed by atoms with Gasteiger partial charge >= 0.3 is 13.5 Å². The van der Waals surface area contributed by atoms with Crippen molar-refractivity contribution in [1.82, 2.24) is 14.9 Å². The summed E-state index contributed by atoms with van der Waals surface area (Å²) in [4.78, 5) is 47.2. The lowest BCUT2D eigenvalue weighted by molar-refractivity contribution is -0.132. The van der Waals surface area contributed by atoms with Gasteiger partial charge in [-0.1, -0.05) is 103 Å². The number of nitrogens with zero attached hydrogens (tertiary/aromatic N) is 2. The lowest BCUT2D eigenvalue weighted by atomic mass is 10.0. The van der Waals surface area contributed by atoms with Gasteiger partial charge in [-0.15, -0.1) is 0 Å². The molecule has 1 saturated heterocycles. The number of phosphoric ester groups is 1. The predicted octanol–water partition coefficient (Wildman–Crippen LogP) is 3.96. The van der Waals surface area contributed by atoms with E-state index in [1.807, 2.05) is 0 Å². The molecule has 1 amide bonds. The normalized spacial score (nSPS) is 20.5. The highest BCUT2D eigenvalue weighted by Gasteiger charge is 2.50. The fraction of sp³-hybridized carbons (Fsp3) is 0.828. The number of phosphoric acid groups is 1. The van der Waals surface area contributed by atoms with Gasteiger partial charge in [-0.2, -0.15) is 4.98 Å². The summed E-state index contributed by atoms with van der Waals surface area (Å²) in [7, 11) is -5.03. The molecule has 0 unspecified atom stereocenters. The van der Waals surface area contributed by atoms with Gasteiger partial charge in [-0.3, -0.25) is 13.9 Å². The first kappa shape index (κ1) is 37.3. The standard InChI is InChI=1S/C29H53N4O9P/c1-2-3-4-5-6-7-8-9-10-11-12-13-14-15-16-17-19-31-25(35)22-40-27-26(42-43(37,38)39)23(21-34)41-28(27)33-20-18-24(30)32-29(33)36/h18,20,23,26-28,34H,2-17,19,21-22H2,1H3,(H,31,35)(H2,30,32,36)(H2,37,38,39)/t23-,26-,27-,28-/m1/s1. The van der Waals surface area contributed by atoms with Crippen LogP contribution in [0, 0.1) is 0 Å². The molecular weight excluding hydrogens is 579 g/mol. The predicted molar refractivity (Wildman–Crippen MR) is 163 cm³/mol. The molecule has 1 aromatic heterocycles. The summed E-state index contributed by atoms with van der Waals surface area (Å²) in [5, 5.41) is 12.5. The fourth-order valence-electron chi connectivity index (χ4n) is 5.29. The second-order valence-corrected chi connectivity index (χ2v) is 12.5. The Bertz CT molecular complexity index is 1020. The number of nitrogens with two attached hydrogens (primary N) is 1. The smallest absolute Gasteiger partial charge is 0.394 e. The first-order chi connectivity index (χ1) is 20.7. The van der Waals surface area contributed by atoms with E-state index in [-0.39, 0.29) is 5.82 Å². The first-order valence-electron chi connectivity index (χ1n) is 15.9. The van der Waals surface area contributed by atoms with Crippen molar-refractivity contribution in [1.29, 1.82) is 0 Å². The van der Waals surface area contributed by atoms with E-state index in [0.717, 1.165) is 23.8 Å². The highest BCUT2D eigenvalue weighted by Crippen LogP contribution is 2.44. The summed E-state index contributed by atoms with van der Waals surface area (Å²) in [6.45, 7) is 1.57. The van der Waals surface area contributed by atoms with Crippen molar-refractivity contribution in [3.63, 3.8) is 0 Å². The van der Waals surface area contributed by atoms with Gasteiger partial charge in [0.15, 0.2) is 6.23 Å². The van der Waals surface area contributed by atoms with E-state index >= 15 is 0 Å². The number of nitrogens with one attached hydrogen (secondary N) is 1. The highest BCUT2D eigenvalue weighted by molar-refractivity contribution is 7.46. The number of carbonyl (C=O) groups excluding carboxylic acids is 1. The molecule has 1 aliphatic rings. The van der Waals surface area contributed by atoms with Gasteiger partial charge < -0.3 is 35.4 Å². The summed E-state index contributed by atoms with van der Waals surface area (Å²) < 4.78 is 28.7. The maximum Gasteiger partial charge on any atom is 0.470 e. The molecule has 0 spiro atoms. The first-order valence-corrected chi connectivity index (χ1v) is 17.4. The van der Waals surface area contributed by atoms with Crippen molar-refractivity contribution in [2.24, 2.45) is 0 Å². The Morgan fingerprint density at radius 1 is 0.977 bits per heavy atom. The molecule has 0 aliphatic carbocycles. The molecule has 4 atom stereocenters. The van der Waals surface area contributed by atoms with Crippen LogP contribution in [0.3, 0.4) is 0 Å². The van der Waals surface area contributed by atoms with E-state index in [1.54, 1.807) is 0 Å². The fourth-order valence-corrected chi connectivity index (χ4v) is 5.86. The maximum absolute atomic E-state index is 12.4. The van der Waals surface area contributed by atoms with Gasteiger partial charge in [0, 0.05) is 12.7 Å². The average Bonchev–Trinajstić information content (AvgIpc) is 3.28. The van der Waals surface area contributed by atoms with Crippen molar-refractivity contribution in [3.05, 3.63) is 22.7 Å². The van der Waals surface area contributed by atoms with Crippen LogP contribution in [0.4, 0.5) is 5.82 Å². The number of unbranched alkanes of at least 4 members (excludes halogenated alkanes) is 15. The molecule has 2 heterocycles. The Balaban J connectivity index is 1.64. The molecule has 248 valence electrons. The minimum absolute atomic E-state index is 0.0353. The largest absolute Gasteiger partial charge is 0.470 e. The average molecular weight is 633 g/mol. The van der Waals surface area contributed by atoms with Crippen molar-refractivity contribution in [2.75, 3.05) is 25.5 Å². The number of nitrogen functional groups attached to an aromatic ring is 1. The van der Waals surface area contributed by atoms with E-state index in [2.05, 4.69) is 17.2 Å². The number of hydrogen-bond donors (Lipinski definition) is 5. The van der Waals surface area contributed by atoms with Crippen LogP contribution in [0.2, 0.25) is 0 Å². The molecule has 0 bridgehead atoms. The molecule has 0 radical (unpaired) electrons. The van der Waals surface area contributed by atoms with Gasteiger partial charge in [0.2, 0.25) is 5.91 Å². The Morgan fingerprint density at radius 3 is 2.00 bits per heavy atom. The number of ether oxygens (including phenoxy) is 2. The number of aliphatic hydroxyl groups is 1. The van der Waals surface area contributed by atoms with Crippen LogP contribution in [0.5, 0.6) is 0 Å². The zero-order valence-corrected chi connectivity index (χ0v) is 26.5. The molecule has 43 heavy (non-hydrogen) atoms. The van der Waals surface area contributed by atoms with E-state index in [0.29, 0.717) is 6.54 Å². The summed E-state index contributed by atoms with van der Waals surface area (Å²) in [6.07, 6.45) is 16.2. The molecule has 6 N–H and O–H groups in total. The van der Waals surface area contributed by atoms with Crippen molar-refractivity contribution >= 4 is 19.5 Å². The molecular formula is C29H53N4O9P. The summed E-state index contributed by atoms with van der Waals surface area (Å²) >= 11 is 0. The van der Waals surface area contributed by atoms with Crippen LogP contribution in [0.15, 0.2) is 17.1 Å². The third-order valence-electron chi connectivity index (χ3n) is 7.61. The summed E-state index contributed by atoms with van der Waals surface area (Å²) in [6, 6.07) is 1.33. The third kappa shape index (κ3) is 15.1. The quantitative estimate of drug-likeness (QED) is 0.0817. The van der Waals surface area contributed by atoms with Crippen molar-refractivity contribution in [3.8, 4) is 0 Å². The Hall–Kier alpha value is -1.86. The van der Waals surface area contributed by atoms with Crippen LogP contribution in [-0.4, -0.2) is 68.4 Å². The zero-order chi connectivity index (χ0) is 31.5. The Labute approximate surface area is 255 Å². The summed E-state index contributed by atoms with van der Waals surface area (Å²) in [5.74, 6) is -0.475. The molecule has 1 aromatic rings. The molecule has 0 saturated carbocycles.